The van der Waals surface area contributed by atoms with E-state index in [1.165, 1.54) is 6.08 Å². The van der Waals surface area contributed by atoms with Gasteiger partial charge >= 0.3 is 6.09 Å². The van der Waals surface area contributed by atoms with E-state index in [1.807, 2.05) is 30.3 Å². The molecule has 0 saturated carbocycles. The molecule has 4 heteroatoms. The molecular weight excluding hydrogens is 278 g/mol. The second-order valence-corrected chi connectivity index (χ2v) is 5.90. The lowest BCUT2D eigenvalue weighted by Crippen LogP contribution is -2.27. The minimum Gasteiger partial charge on any atom is -0.444 e. The van der Waals surface area contributed by atoms with Crippen molar-refractivity contribution in [3.05, 3.63) is 54.6 Å². The number of carbonyl (C=O) groups is 2. The maximum Gasteiger partial charge on any atom is 0.412 e. The molecule has 0 radical (unpaired) electrons. The van der Waals surface area contributed by atoms with Gasteiger partial charge in [0, 0.05) is 0 Å². The molecule has 0 aliphatic carbocycles. The average Bonchev–Trinajstić information content (AvgIpc) is 2.44. The van der Waals surface area contributed by atoms with Gasteiger partial charge in [-0.25, -0.2) is 4.79 Å². The molecule has 0 bridgehead atoms. The first kappa shape index (κ1) is 15.8. The first-order chi connectivity index (χ1) is 10.3. The largest absolute Gasteiger partial charge is 0.444 e. The van der Waals surface area contributed by atoms with Crippen LogP contribution in [0.3, 0.4) is 0 Å². The number of fused-ring (bicyclic) bond motifs is 1. The Balaban J connectivity index is 2.47. The molecule has 4 nitrogen and oxygen atoms in total. The monoisotopic (exact) mass is 297 g/mol. The lowest BCUT2D eigenvalue weighted by molar-refractivity contribution is 0.0636. The van der Waals surface area contributed by atoms with Gasteiger partial charge in [0.05, 0.1) is 11.3 Å². The van der Waals surface area contributed by atoms with Crippen LogP contribution in [0.1, 0.15) is 31.1 Å². The summed E-state index contributed by atoms with van der Waals surface area (Å²) < 4.78 is 5.23. The van der Waals surface area contributed by atoms with E-state index in [4.69, 9.17) is 4.74 Å². The average molecular weight is 297 g/mol. The molecule has 2 rings (SSSR count). The Morgan fingerprint density at radius 3 is 2.45 bits per heavy atom. The Labute approximate surface area is 129 Å². The van der Waals surface area contributed by atoms with Gasteiger partial charge in [0.15, 0.2) is 5.78 Å². The minimum atomic E-state index is -0.608. The van der Waals surface area contributed by atoms with Crippen molar-refractivity contribution in [1.29, 1.82) is 0 Å². The highest BCUT2D eigenvalue weighted by atomic mass is 16.6. The Bertz CT molecular complexity index is 742. The maximum absolute atomic E-state index is 12.2. The fraction of sp³-hybridized carbons (Fsp3) is 0.222. The van der Waals surface area contributed by atoms with Gasteiger partial charge in [-0.05, 0) is 43.7 Å². The van der Waals surface area contributed by atoms with Crippen LogP contribution in [-0.2, 0) is 4.74 Å². The number of nitrogens with one attached hydrogen (secondary N) is 1. The molecule has 0 atom stereocenters. The summed E-state index contributed by atoms with van der Waals surface area (Å²) in [4.78, 5) is 24.2. The van der Waals surface area contributed by atoms with Gasteiger partial charge in [-0.3, -0.25) is 10.1 Å². The Morgan fingerprint density at radius 1 is 1.14 bits per heavy atom. The van der Waals surface area contributed by atoms with E-state index in [1.54, 1.807) is 26.8 Å². The molecule has 2 aromatic rings. The van der Waals surface area contributed by atoms with Gasteiger partial charge in [-0.1, -0.05) is 36.9 Å². The number of rotatable bonds is 3. The smallest absolute Gasteiger partial charge is 0.412 e. The summed E-state index contributed by atoms with van der Waals surface area (Å²) >= 11 is 0. The van der Waals surface area contributed by atoms with Crippen molar-refractivity contribution in [3.63, 3.8) is 0 Å². The van der Waals surface area contributed by atoms with Crippen LogP contribution >= 0.6 is 0 Å². The normalized spacial score (nSPS) is 11.0. The number of benzene rings is 2. The van der Waals surface area contributed by atoms with Gasteiger partial charge in [0.1, 0.15) is 5.60 Å². The van der Waals surface area contributed by atoms with E-state index in [0.29, 0.717) is 11.3 Å². The quantitative estimate of drug-likeness (QED) is 0.667. The SMILES string of the molecule is C=CC(=O)c1c(NC(=O)OC(C)(C)C)ccc2ccccc12. The van der Waals surface area contributed by atoms with E-state index < -0.39 is 11.7 Å². The summed E-state index contributed by atoms with van der Waals surface area (Å²) in [5.74, 6) is -0.247. The Kier molecular flexibility index (Phi) is 4.31. The fourth-order valence-corrected chi connectivity index (χ4v) is 2.16. The molecule has 2 aromatic carbocycles. The van der Waals surface area contributed by atoms with Crippen LogP contribution in [0.25, 0.3) is 10.8 Å². The first-order valence-electron chi connectivity index (χ1n) is 7.00. The van der Waals surface area contributed by atoms with Crippen molar-refractivity contribution < 1.29 is 14.3 Å². The van der Waals surface area contributed by atoms with Crippen molar-refractivity contribution in [2.24, 2.45) is 0 Å². The Morgan fingerprint density at radius 2 is 1.82 bits per heavy atom. The summed E-state index contributed by atoms with van der Waals surface area (Å²) in [7, 11) is 0. The molecule has 0 aromatic heterocycles. The lowest BCUT2D eigenvalue weighted by Gasteiger charge is -2.20. The second-order valence-electron chi connectivity index (χ2n) is 5.90. The maximum atomic E-state index is 12.2. The van der Waals surface area contributed by atoms with Crippen molar-refractivity contribution >= 4 is 28.3 Å². The van der Waals surface area contributed by atoms with Crippen LogP contribution in [0.5, 0.6) is 0 Å². The zero-order chi connectivity index (χ0) is 16.3. The Hall–Kier alpha value is -2.62. The third kappa shape index (κ3) is 3.52. The van der Waals surface area contributed by atoms with Gasteiger partial charge in [-0.15, -0.1) is 0 Å². The van der Waals surface area contributed by atoms with Gasteiger partial charge < -0.3 is 4.74 Å². The highest BCUT2D eigenvalue weighted by Crippen LogP contribution is 2.27. The van der Waals surface area contributed by atoms with Gasteiger partial charge in [0.2, 0.25) is 0 Å². The van der Waals surface area contributed by atoms with Crippen molar-refractivity contribution in [2.45, 2.75) is 26.4 Å². The molecule has 0 fully saturated rings. The molecule has 1 N–H and O–H groups in total. The fourth-order valence-electron chi connectivity index (χ4n) is 2.16. The van der Waals surface area contributed by atoms with Crippen LogP contribution in [-0.4, -0.2) is 17.5 Å². The summed E-state index contributed by atoms with van der Waals surface area (Å²) in [6.07, 6.45) is 0.642. The number of anilines is 1. The molecule has 0 heterocycles. The van der Waals surface area contributed by atoms with E-state index >= 15 is 0 Å². The molecule has 0 unspecified atom stereocenters. The van der Waals surface area contributed by atoms with Crippen molar-refractivity contribution in [3.8, 4) is 0 Å². The third-order valence-electron chi connectivity index (χ3n) is 3.00. The number of carbonyl (C=O) groups excluding carboxylic acids is 2. The number of ether oxygens (including phenoxy) is 1. The highest BCUT2D eigenvalue weighted by Gasteiger charge is 2.19. The molecule has 0 spiro atoms. The molecule has 0 saturated heterocycles. The van der Waals surface area contributed by atoms with E-state index in [-0.39, 0.29) is 5.78 Å². The number of amides is 1. The number of allylic oxidation sites excluding steroid dienone is 1. The molecule has 1 amide bonds. The van der Waals surface area contributed by atoms with Crippen LogP contribution in [0.2, 0.25) is 0 Å². The van der Waals surface area contributed by atoms with Crippen LogP contribution < -0.4 is 5.32 Å². The summed E-state index contributed by atoms with van der Waals surface area (Å²) in [5.41, 5.74) is 0.223. The van der Waals surface area contributed by atoms with Gasteiger partial charge in [-0.2, -0.15) is 0 Å². The van der Waals surface area contributed by atoms with Crippen LogP contribution in [0.4, 0.5) is 10.5 Å². The molecular formula is C18H19NO3. The van der Waals surface area contributed by atoms with Crippen molar-refractivity contribution in [1.82, 2.24) is 0 Å². The first-order valence-corrected chi connectivity index (χ1v) is 7.00. The van der Waals surface area contributed by atoms with Crippen LogP contribution in [0, 0.1) is 0 Å². The van der Waals surface area contributed by atoms with Crippen LogP contribution in [0.15, 0.2) is 49.1 Å². The molecule has 0 aliphatic rings. The summed E-state index contributed by atoms with van der Waals surface area (Å²) in [6, 6.07) is 11.0. The minimum absolute atomic E-state index is 0.247. The predicted molar refractivity (Wildman–Crippen MR) is 88.3 cm³/mol. The molecule has 114 valence electrons. The van der Waals surface area contributed by atoms with Gasteiger partial charge in [0.25, 0.3) is 0 Å². The highest BCUT2D eigenvalue weighted by molar-refractivity contribution is 6.18. The lowest BCUT2D eigenvalue weighted by atomic mass is 9.99. The zero-order valence-corrected chi connectivity index (χ0v) is 13.0. The van der Waals surface area contributed by atoms with E-state index in [2.05, 4.69) is 11.9 Å². The predicted octanol–water partition coefficient (Wildman–Crippen LogP) is 4.56. The molecule has 22 heavy (non-hydrogen) atoms. The summed E-state index contributed by atoms with van der Waals surface area (Å²) in [5, 5.41) is 4.33. The number of hydrogen-bond acceptors (Lipinski definition) is 3. The topological polar surface area (TPSA) is 55.4 Å². The summed E-state index contributed by atoms with van der Waals surface area (Å²) in [6.45, 7) is 8.87. The number of ketones is 1. The molecule has 0 aliphatic heterocycles. The third-order valence-corrected chi connectivity index (χ3v) is 3.00. The van der Waals surface area contributed by atoms with E-state index in [9.17, 15) is 9.59 Å². The standard InChI is InChI=1S/C18H19NO3/c1-5-15(20)16-13-9-7-6-8-12(13)10-11-14(16)19-17(21)22-18(2,3)4/h5-11H,1H2,2-4H3,(H,19,21). The zero-order valence-electron chi connectivity index (χ0n) is 13.0. The second kappa shape index (κ2) is 6.02. The van der Waals surface area contributed by atoms with E-state index in [0.717, 1.165) is 10.8 Å². The number of hydrogen-bond donors (Lipinski definition) is 1. The van der Waals surface area contributed by atoms with Crippen molar-refractivity contribution in [2.75, 3.05) is 5.32 Å².